The van der Waals surface area contributed by atoms with Crippen LogP contribution in [0.2, 0.25) is 19.6 Å². The fraction of sp³-hybridized carbons (Fsp3) is 0.333. The molecule has 0 aliphatic carbocycles. The van der Waals surface area contributed by atoms with E-state index in [0.717, 1.165) is 5.32 Å². The van der Waals surface area contributed by atoms with E-state index in [2.05, 4.69) is 35.9 Å². The summed E-state index contributed by atoms with van der Waals surface area (Å²) >= 11 is 0. The molecule has 0 fully saturated rings. The lowest BCUT2D eigenvalue weighted by Crippen LogP contribution is -2.40. The van der Waals surface area contributed by atoms with E-state index in [0.29, 0.717) is 5.56 Å². The van der Waals surface area contributed by atoms with Gasteiger partial charge in [0.1, 0.15) is 13.9 Å². The van der Waals surface area contributed by atoms with Gasteiger partial charge in [0.25, 0.3) is 5.91 Å². The normalized spacial score (nSPS) is 10.8. The number of rotatable bonds is 3. The first-order valence-electron chi connectivity index (χ1n) is 5.22. The van der Waals surface area contributed by atoms with E-state index in [1.807, 2.05) is 6.07 Å². The molecule has 1 aromatic heterocycles. The molecule has 0 aliphatic heterocycles. The quantitative estimate of drug-likeness (QED) is 0.653. The molecule has 0 radical (unpaired) electrons. The minimum Gasteiger partial charge on any atom is -0.307 e. The Morgan fingerprint density at radius 3 is 2.65 bits per heavy atom. The average molecular weight is 250 g/mol. The van der Waals surface area contributed by atoms with Crippen molar-refractivity contribution in [1.82, 2.24) is 4.98 Å². The number of pyridine rings is 1. The summed E-state index contributed by atoms with van der Waals surface area (Å²) in [5.41, 5.74) is 0.466. The summed E-state index contributed by atoms with van der Waals surface area (Å²) in [7, 11) is -1.59. The van der Waals surface area contributed by atoms with E-state index in [-0.39, 0.29) is 5.82 Å². The van der Waals surface area contributed by atoms with Gasteiger partial charge < -0.3 is 5.32 Å². The highest BCUT2D eigenvalue weighted by Gasteiger charge is 2.20. The molecule has 0 spiro atoms. The predicted molar refractivity (Wildman–Crippen MR) is 69.8 cm³/mol. The fourth-order valence-corrected chi connectivity index (χ4v) is 2.28. The zero-order valence-corrected chi connectivity index (χ0v) is 11.2. The smallest absolute Gasteiger partial charge is 0.256 e. The van der Waals surface area contributed by atoms with Crippen molar-refractivity contribution < 1.29 is 9.18 Å². The number of amides is 1. The van der Waals surface area contributed by atoms with Crippen LogP contribution >= 0.6 is 0 Å². The van der Waals surface area contributed by atoms with Gasteiger partial charge in [0.05, 0.1) is 5.56 Å². The Hall–Kier alpha value is -1.67. The molecule has 0 bridgehead atoms. The van der Waals surface area contributed by atoms with Crippen molar-refractivity contribution in [3.05, 3.63) is 17.7 Å². The molecule has 1 N–H and O–H groups in total. The van der Waals surface area contributed by atoms with Gasteiger partial charge in [-0.05, 0) is 12.1 Å². The third kappa shape index (κ3) is 3.39. The summed E-state index contributed by atoms with van der Waals surface area (Å²) in [6, 6.07) is 3.60. The zero-order valence-electron chi connectivity index (χ0n) is 10.2. The number of halogens is 1. The largest absolute Gasteiger partial charge is 0.307 e. The number of hydrogen-bond acceptors (Lipinski definition) is 2. The maximum Gasteiger partial charge on any atom is 0.256 e. The Morgan fingerprint density at radius 2 is 2.18 bits per heavy atom. The van der Waals surface area contributed by atoms with Crippen LogP contribution in [0.25, 0.3) is 0 Å². The first-order chi connectivity index (χ1) is 7.88. The SMILES string of the molecule is C#Cc1ccc([Si](C)(C)C)nc1NC(=O)CF. The Labute approximate surface area is 101 Å². The van der Waals surface area contributed by atoms with Crippen molar-refractivity contribution in [2.75, 3.05) is 12.0 Å². The number of carbonyl (C=O) groups excluding carboxylic acids is 1. The van der Waals surface area contributed by atoms with Gasteiger partial charge in [-0.1, -0.05) is 25.6 Å². The van der Waals surface area contributed by atoms with Gasteiger partial charge in [-0.3, -0.25) is 4.79 Å². The van der Waals surface area contributed by atoms with Crippen LogP contribution in [0.1, 0.15) is 5.56 Å². The third-order valence-corrected chi connectivity index (χ3v) is 4.01. The number of terminal acetylenes is 1. The van der Waals surface area contributed by atoms with Crippen LogP contribution in [-0.4, -0.2) is 25.6 Å². The van der Waals surface area contributed by atoms with E-state index in [1.54, 1.807) is 6.07 Å². The summed E-state index contributed by atoms with van der Waals surface area (Å²) < 4.78 is 12.2. The van der Waals surface area contributed by atoms with Crippen molar-refractivity contribution in [2.45, 2.75) is 19.6 Å². The van der Waals surface area contributed by atoms with Crippen LogP contribution in [0.15, 0.2) is 12.1 Å². The van der Waals surface area contributed by atoms with Crippen LogP contribution in [0.5, 0.6) is 0 Å². The lowest BCUT2D eigenvalue weighted by molar-refractivity contribution is -0.117. The molecule has 0 aromatic carbocycles. The highest BCUT2D eigenvalue weighted by atomic mass is 28.3. The van der Waals surface area contributed by atoms with Crippen molar-refractivity contribution in [3.8, 4) is 12.3 Å². The minimum atomic E-state index is -1.59. The summed E-state index contributed by atoms with van der Waals surface area (Å²) in [6.07, 6.45) is 5.30. The van der Waals surface area contributed by atoms with Crippen molar-refractivity contribution in [1.29, 1.82) is 0 Å². The second-order valence-corrected chi connectivity index (χ2v) is 9.68. The molecular formula is C12H15FN2OSi. The number of nitrogens with one attached hydrogen (secondary N) is 1. The standard InChI is InChI=1S/C12H15FN2OSi/c1-5-9-6-7-11(17(2,3)4)15-12(9)14-10(16)8-13/h1,6-7H,8H2,2-4H3,(H,14,15,16). The van der Waals surface area contributed by atoms with Crippen LogP contribution in [-0.2, 0) is 4.79 Å². The molecule has 1 heterocycles. The number of alkyl halides is 1. The lowest BCUT2D eigenvalue weighted by Gasteiger charge is -2.17. The molecule has 5 heteroatoms. The monoisotopic (exact) mass is 250 g/mol. The van der Waals surface area contributed by atoms with Crippen LogP contribution in [0, 0.1) is 12.3 Å². The number of anilines is 1. The predicted octanol–water partition coefficient (Wildman–Crippen LogP) is 1.52. The highest BCUT2D eigenvalue weighted by Crippen LogP contribution is 2.11. The molecule has 1 aromatic rings. The maximum absolute atomic E-state index is 12.2. The number of aromatic nitrogens is 1. The molecule has 0 aliphatic rings. The van der Waals surface area contributed by atoms with E-state index < -0.39 is 20.7 Å². The van der Waals surface area contributed by atoms with E-state index >= 15 is 0 Å². The van der Waals surface area contributed by atoms with Gasteiger partial charge in [0, 0.05) is 5.32 Å². The van der Waals surface area contributed by atoms with E-state index in [9.17, 15) is 9.18 Å². The molecule has 1 rings (SSSR count). The number of nitrogens with zero attached hydrogens (tertiary/aromatic N) is 1. The molecule has 90 valence electrons. The van der Waals surface area contributed by atoms with E-state index in [1.165, 1.54) is 0 Å². The van der Waals surface area contributed by atoms with Gasteiger partial charge in [0.2, 0.25) is 0 Å². The Kier molecular flexibility index (Phi) is 4.02. The van der Waals surface area contributed by atoms with Crippen molar-refractivity contribution >= 4 is 25.1 Å². The van der Waals surface area contributed by atoms with Crippen molar-refractivity contribution in [3.63, 3.8) is 0 Å². The topological polar surface area (TPSA) is 42.0 Å². The zero-order chi connectivity index (χ0) is 13.1. The molecule has 17 heavy (non-hydrogen) atoms. The van der Waals surface area contributed by atoms with Gasteiger partial charge in [-0.2, -0.15) is 0 Å². The Bertz CT molecular complexity index is 474. The van der Waals surface area contributed by atoms with E-state index in [4.69, 9.17) is 6.42 Å². The molecular weight excluding hydrogens is 235 g/mol. The summed E-state index contributed by atoms with van der Waals surface area (Å²) in [5.74, 6) is 1.96. The Balaban J connectivity index is 3.17. The van der Waals surface area contributed by atoms with Crippen molar-refractivity contribution in [2.24, 2.45) is 0 Å². The molecule has 3 nitrogen and oxygen atoms in total. The van der Waals surface area contributed by atoms with Crippen LogP contribution < -0.4 is 10.6 Å². The number of hydrogen-bond donors (Lipinski definition) is 1. The lowest BCUT2D eigenvalue weighted by atomic mass is 10.2. The third-order valence-electron chi connectivity index (χ3n) is 2.20. The molecule has 0 saturated carbocycles. The molecule has 0 saturated heterocycles. The second kappa shape index (κ2) is 5.10. The Morgan fingerprint density at radius 1 is 1.53 bits per heavy atom. The number of carbonyl (C=O) groups is 1. The second-order valence-electron chi connectivity index (χ2n) is 4.67. The van der Waals surface area contributed by atoms with Crippen LogP contribution in [0.3, 0.4) is 0 Å². The first-order valence-corrected chi connectivity index (χ1v) is 8.72. The minimum absolute atomic E-state index is 0.273. The summed E-state index contributed by atoms with van der Waals surface area (Å²) in [6.45, 7) is 5.31. The molecule has 1 amide bonds. The highest BCUT2D eigenvalue weighted by molar-refractivity contribution is 6.88. The molecule has 0 unspecified atom stereocenters. The average Bonchev–Trinajstić information content (AvgIpc) is 2.27. The molecule has 0 atom stereocenters. The first kappa shape index (κ1) is 13.4. The van der Waals surface area contributed by atoms with Gasteiger partial charge >= 0.3 is 0 Å². The summed E-state index contributed by atoms with van der Waals surface area (Å²) in [4.78, 5) is 15.4. The van der Waals surface area contributed by atoms with Gasteiger partial charge in [0.15, 0.2) is 6.67 Å². The summed E-state index contributed by atoms with van der Waals surface area (Å²) in [5, 5.41) is 3.30. The fourth-order valence-electron chi connectivity index (χ4n) is 1.25. The maximum atomic E-state index is 12.2. The van der Waals surface area contributed by atoms with Gasteiger partial charge in [-0.25, -0.2) is 9.37 Å². The van der Waals surface area contributed by atoms with Gasteiger partial charge in [-0.15, -0.1) is 6.42 Å². The van der Waals surface area contributed by atoms with Crippen LogP contribution in [0.4, 0.5) is 10.2 Å².